The van der Waals surface area contributed by atoms with E-state index in [4.69, 9.17) is 0 Å². The zero-order chi connectivity index (χ0) is 11.5. The first kappa shape index (κ1) is 11.3. The Balaban J connectivity index is 2.08. The van der Waals surface area contributed by atoms with Crippen LogP contribution in [0.3, 0.4) is 0 Å². The summed E-state index contributed by atoms with van der Waals surface area (Å²) in [5.74, 6) is 1.92. The van der Waals surface area contributed by atoms with Crippen LogP contribution in [0.1, 0.15) is 16.8 Å². The summed E-state index contributed by atoms with van der Waals surface area (Å²) in [6.45, 7) is 0. The molecular formula is C11H14N2O2S. The molecule has 16 heavy (non-hydrogen) atoms. The summed E-state index contributed by atoms with van der Waals surface area (Å²) in [6.07, 6.45) is 2.63. The number of aryl methyl sites for hydroxylation is 1. The minimum Gasteiger partial charge on any atom is -0.348 e. The van der Waals surface area contributed by atoms with Gasteiger partial charge < -0.3 is 9.88 Å². The molecule has 0 aromatic carbocycles. The van der Waals surface area contributed by atoms with E-state index in [0.717, 1.165) is 17.9 Å². The highest BCUT2D eigenvalue weighted by atomic mass is 32.2. The Hall–Kier alpha value is -1.23. The minimum atomic E-state index is -0.159. The first-order chi connectivity index (χ1) is 7.66. The molecule has 1 aliphatic heterocycles. The summed E-state index contributed by atoms with van der Waals surface area (Å²) < 4.78 is 1.45. The third-order valence-electron chi connectivity index (χ3n) is 2.63. The van der Waals surface area contributed by atoms with Gasteiger partial charge in [0.05, 0.1) is 0 Å². The zero-order valence-electron chi connectivity index (χ0n) is 9.10. The quantitative estimate of drug-likeness (QED) is 0.822. The molecule has 1 atom stereocenters. The largest absolute Gasteiger partial charge is 0.348 e. The van der Waals surface area contributed by atoms with Gasteiger partial charge in [0, 0.05) is 36.7 Å². The van der Waals surface area contributed by atoms with Crippen LogP contribution in [0.5, 0.6) is 0 Å². The maximum absolute atomic E-state index is 11.8. The van der Waals surface area contributed by atoms with Crippen molar-refractivity contribution in [3.8, 4) is 0 Å². The summed E-state index contributed by atoms with van der Waals surface area (Å²) in [6, 6.07) is 3.29. The number of rotatable bonds is 2. The first-order valence-electron chi connectivity index (χ1n) is 5.22. The molecule has 0 radical (unpaired) electrons. The molecule has 4 nitrogen and oxygen atoms in total. The van der Waals surface area contributed by atoms with E-state index in [1.165, 1.54) is 10.6 Å². The van der Waals surface area contributed by atoms with E-state index in [9.17, 15) is 9.59 Å². The van der Waals surface area contributed by atoms with Crippen molar-refractivity contribution in [3.63, 3.8) is 0 Å². The normalized spacial score (nSPS) is 19.7. The van der Waals surface area contributed by atoms with Gasteiger partial charge in [0.15, 0.2) is 0 Å². The van der Waals surface area contributed by atoms with Crippen molar-refractivity contribution in [2.24, 2.45) is 7.05 Å². The maximum atomic E-state index is 11.8. The predicted octanol–water partition coefficient (Wildman–Crippen LogP) is 0.621. The molecule has 2 rings (SSSR count). The Kier molecular flexibility index (Phi) is 3.33. The second kappa shape index (κ2) is 4.74. The third-order valence-corrected chi connectivity index (χ3v) is 3.79. The van der Waals surface area contributed by atoms with Crippen molar-refractivity contribution in [3.05, 3.63) is 34.2 Å². The highest BCUT2D eigenvalue weighted by molar-refractivity contribution is 7.99. The van der Waals surface area contributed by atoms with Gasteiger partial charge in [-0.15, -0.1) is 0 Å². The smallest absolute Gasteiger partial charge is 0.251 e. The second-order valence-electron chi connectivity index (χ2n) is 3.90. The molecule has 0 saturated carbocycles. The number of hydrogen-bond donors (Lipinski definition) is 1. The lowest BCUT2D eigenvalue weighted by atomic mass is 10.2. The van der Waals surface area contributed by atoms with Gasteiger partial charge in [-0.2, -0.15) is 11.8 Å². The van der Waals surface area contributed by atoms with Crippen molar-refractivity contribution < 1.29 is 4.79 Å². The van der Waals surface area contributed by atoms with Gasteiger partial charge in [-0.3, -0.25) is 9.59 Å². The molecule has 1 aromatic rings. The molecule has 1 amide bonds. The zero-order valence-corrected chi connectivity index (χ0v) is 9.92. The van der Waals surface area contributed by atoms with E-state index >= 15 is 0 Å². The summed E-state index contributed by atoms with van der Waals surface area (Å²) in [4.78, 5) is 23.2. The molecule has 0 bridgehead atoms. The van der Waals surface area contributed by atoms with Gasteiger partial charge in [0.2, 0.25) is 0 Å². The molecule has 1 fully saturated rings. The minimum absolute atomic E-state index is 0.148. The maximum Gasteiger partial charge on any atom is 0.251 e. The molecule has 0 spiro atoms. The summed E-state index contributed by atoms with van der Waals surface area (Å²) in [7, 11) is 1.66. The van der Waals surface area contributed by atoms with Crippen molar-refractivity contribution in [1.82, 2.24) is 9.88 Å². The Bertz CT molecular complexity index is 450. The number of pyridine rings is 1. The topological polar surface area (TPSA) is 51.1 Å². The molecule has 2 heterocycles. The highest BCUT2D eigenvalue weighted by Gasteiger charge is 2.18. The van der Waals surface area contributed by atoms with Gasteiger partial charge in [0.25, 0.3) is 11.5 Å². The molecule has 1 saturated heterocycles. The lowest BCUT2D eigenvalue weighted by molar-refractivity contribution is 0.0941. The van der Waals surface area contributed by atoms with Crippen LogP contribution in [0.25, 0.3) is 0 Å². The number of nitrogens with zero attached hydrogens (tertiary/aromatic N) is 1. The average Bonchev–Trinajstić information content (AvgIpc) is 2.74. The number of aromatic nitrogens is 1. The lowest BCUT2D eigenvalue weighted by Gasteiger charge is -2.11. The Morgan fingerprint density at radius 2 is 2.44 bits per heavy atom. The van der Waals surface area contributed by atoms with Crippen LogP contribution in [0.15, 0.2) is 23.1 Å². The Morgan fingerprint density at radius 1 is 1.62 bits per heavy atom. The van der Waals surface area contributed by atoms with Gasteiger partial charge in [-0.1, -0.05) is 0 Å². The van der Waals surface area contributed by atoms with E-state index in [2.05, 4.69) is 5.32 Å². The van der Waals surface area contributed by atoms with E-state index < -0.39 is 0 Å². The highest BCUT2D eigenvalue weighted by Crippen LogP contribution is 2.17. The SMILES string of the molecule is Cn1ccc(C(=O)NC2CCSC2)cc1=O. The number of carbonyl (C=O) groups is 1. The van der Waals surface area contributed by atoms with E-state index in [1.807, 2.05) is 11.8 Å². The second-order valence-corrected chi connectivity index (χ2v) is 5.05. The van der Waals surface area contributed by atoms with Gasteiger partial charge in [-0.05, 0) is 18.2 Å². The summed E-state index contributed by atoms with van der Waals surface area (Å²) >= 11 is 1.84. The fraction of sp³-hybridized carbons (Fsp3) is 0.455. The lowest BCUT2D eigenvalue weighted by Crippen LogP contribution is -2.35. The first-order valence-corrected chi connectivity index (χ1v) is 6.37. The van der Waals surface area contributed by atoms with Crippen LogP contribution in [0.2, 0.25) is 0 Å². The van der Waals surface area contributed by atoms with Crippen LogP contribution in [0, 0.1) is 0 Å². The molecule has 5 heteroatoms. The third kappa shape index (κ3) is 2.47. The van der Waals surface area contributed by atoms with E-state index in [0.29, 0.717) is 5.56 Å². The van der Waals surface area contributed by atoms with E-state index in [1.54, 1.807) is 19.3 Å². The van der Waals surface area contributed by atoms with Crippen molar-refractivity contribution in [2.45, 2.75) is 12.5 Å². The number of carbonyl (C=O) groups excluding carboxylic acids is 1. The van der Waals surface area contributed by atoms with Crippen LogP contribution in [0.4, 0.5) is 0 Å². The Labute approximate surface area is 98.0 Å². The molecular weight excluding hydrogens is 224 g/mol. The van der Waals surface area contributed by atoms with Crippen molar-refractivity contribution in [2.75, 3.05) is 11.5 Å². The standard InChI is InChI=1S/C11H14N2O2S/c1-13-4-2-8(6-10(13)14)11(15)12-9-3-5-16-7-9/h2,4,6,9H,3,5,7H2,1H3,(H,12,15). The number of nitrogens with one attached hydrogen (secondary N) is 1. The van der Waals surface area contributed by atoms with Crippen LogP contribution in [-0.4, -0.2) is 28.0 Å². The van der Waals surface area contributed by atoms with Crippen LogP contribution < -0.4 is 10.9 Å². The van der Waals surface area contributed by atoms with Crippen molar-refractivity contribution in [1.29, 1.82) is 0 Å². The van der Waals surface area contributed by atoms with E-state index in [-0.39, 0.29) is 17.5 Å². The van der Waals surface area contributed by atoms with Gasteiger partial charge in [-0.25, -0.2) is 0 Å². The molecule has 1 aromatic heterocycles. The van der Waals surface area contributed by atoms with Crippen LogP contribution >= 0.6 is 11.8 Å². The van der Waals surface area contributed by atoms with Crippen molar-refractivity contribution >= 4 is 17.7 Å². The van der Waals surface area contributed by atoms with Crippen LogP contribution in [-0.2, 0) is 7.05 Å². The summed E-state index contributed by atoms with van der Waals surface area (Å²) in [5, 5.41) is 2.93. The number of thioether (sulfide) groups is 1. The molecule has 86 valence electrons. The fourth-order valence-corrected chi connectivity index (χ4v) is 2.76. The van der Waals surface area contributed by atoms with Gasteiger partial charge in [0.1, 0.15) is 0 Å². The number of amides is 1. The molecule has 0 aliphatic carbocycles. The number of hydrogen-bond acceptors (Lipinski definition) is 3. The molecule has 1 aliphatic rings. The Morgan fingerprint density at radius 3 is 3.06 bits per heavy atom. The molecule has 1 N–H and O–H groups in total. The predicted molar refractivity (Wildman–Crippen MR) is 64.9 cm³/mol. The van der Waals surface area contributed by atoms with Gasteiger partial charge >= 0.3 is 0 Å². The fourth-order valence-electron chi connectivity index (χ4n) is 1.61. The molecule has 1 unspecified atom stereocenters. The summed E-state index contributed by atoms with van der Waals surface area (Å²) in [5.41, 5.74) is 0.286. The monoisotopic (exact) mass is 238 g/mol. The average molecular weight is 238 g/mol.